The summed E-state index contributed by atoms with van der Waals surface area (Å²) in [5.41, 5.74) is 0.345. The Hall–Kier alpha value is -1.64. The highest BCUT2D eigenvalue weighted by atomic mass is 32.2. The number of hydrogen-bond donors (Lipinski definition) is 2. The Bertz CT molecular complexity index is 832. The zero-order valence-electron chi connectivity index (χ0n) is 16.3. The lowest BCUT2D eigenvalue weighted by atomic mass is 10.1. The molecule has 0 bridgehead atoms. The minimum atomic E-state index is -3.74. The first-order valence-corrected chi connectivity index (χ1v) is 11.7. The van der Waals surface area contributed by atoms with E-state index in [0.717, 1.165) is 45.2 Å². The summed E-state index contributed by atoms with van der Waals surface area (Å²) in [6.07, 6.45) is 7.22. The molecular formula is C20H29N3O4S. The van der Waals surface area contributed by atoms with Crippen molar-refractivity contribution in [3.05, 3.63) is 23.8 Å². The molecule has 2 N–H and O–H groups in total. The molecule has 8 heteroatoms. The van der Waals surface area contributed by atoms with Gasteiger partial charge in [-0.15, -0.1) is 0 Å². The molecule has 1 aliphatic heterocycles. The summed E-state index contributed by atoms with van der Waals surface area (Å²) in [4.78, 5) is 15.2. The van der Waals surface area contributed by atoms with Gasteiger partial charge in [-0.2, -0.15) is 0 Å². The summed E-state index contributed by atoms with van der Waals surface area (Å²) in [6, 6.07) is 5.38. The van der Waals surface area contributed by atoms with Crippen molar-refractivity contribution in [2.75, 3.05) is 20.2 Å². The summed E-state index contributed by atoms with van der Waals surface area (Å²) in [7, 11) is -2.31. The van der Waals surface area contributed by atoms with Gasteiger partial charge in [-0.25, -0.2) is 13.1 Å². The van der Waals surface area contributed by atoms with Gasteiger partial charge in [0.15, 0.2) is 0 Å². The van der Waals surface area contributed by atoms with Crippen LogP contribution >= 0.6 is 0 Å². The Morgan fingerprint density at radius 1 is 1.11 bits per heavy atom. The van der Waals surface area contributed by atoms with Crippen LogP contribution in [0.3, 0.4) is 0 Å². The van der Waals surface area contributed by atoms with Gasteiger partial charge < -0.3 is 10.1 Å². The second kappa shape index (κ2) is 8.00. The van der Waals surface area contributed by atoms with E-state index in [4.69, 9.17) is 4.74 Å². The van der Waals surface area contributed by atoms with Gasteiger partial charge in [0, 0.05) is 36.8 Å². The number of nitrogens with zero attached hydrogens (tertiary/aromatic N) is 1. The number of methoxy groups -OCH3 is 1. The predicted molar refractivity (Wildman–Crippen MR) is 106 cm³/mol. The summed E-state index contributed by atoms with van der Waals surface area (Å²) in [6.45, 7) is 1.89. The maximum absolute atomic E-state index is 12.9. The van der Waals surface area contributed by atoms with Crippen LogP contribution in [0.15, 0.2) is 23.1 Å². The number of amides is 1. The fourth-order valence-electron chi connectivity index (χ4n) is 4.30. The minimum absolute atomic E-state index is 0.0283. The van der Waals surface area contributed by atoms with E-state index in [1.165, 1.54) is 26.0 Å². The number of benzene rings is 1. The smallest absolute Gasteiger partial charge is 0.251 e. The molecule has 1 amide bonds. The van der Waals surface area contributed by atoms with E-state index in [-0.39, 0.29) is 28.6 Å². The Labute approximate surface area is 166 Å². The van der Waals surface area contributed by atoms with E-state index in [0.29, 0.717) is 11.6 Å². The average molecular weight is 408 g/mol. The van der Waals surface area contributed by atoms with E-state index in [9.17, 15) is 13.2 Å². The molecule has 1 unspecified atom stereocenters. The molecule has 7 nitrogen and oxygen atoms in total. The van der Waals surface area contributed by atoms with Gasteiger partial charge >= 0.3 is 0 Å². The molecule has 0 aromatic heterocycles. The molecular weight excluding hydrogens is 378 g/mol. The summed E-state index contributed by atoms with van der Waals surface area (Å²) >= 11 is 0. The van der Waals surface area contributed by atoms with Gasteiger partial charge in [-0.05, 0) is 50.3 Å². The van der Waals surface area contributed by atoms with Gasteiger partial charge in [-0.3, -0.25) is 9.69 Å². The number of carbonyl (C=O) groups is 1. The highest BCUT2D eigenvalue weighted by Gasteiger charge is 2.35. The van der Waals surface area contributed by atoms with Crippen LogP contribution < -0.4 is 14.8 Å². The van der Waals surface area contributed by atoms with Crippen LogP contribution in [0.2, 0.25) is 0 Å². The van der Waals surface area contributed by atoms with Crippen LogP contribution in [0.5, 0.6) is 5.75 Å². The van der Waals surface area contributed by atoms with Crippen molar-refractivity contribution < 1.29 is 17.9 Å². The third-order valence-corrected chi connectivity index (χ3v) is 7.55. The monoisotopic (exact) mass is 407 g/mol. The largest absolute Gasteiger partial charge is 0.495 e. The second-order valence-electron chi connectivity index (χ2n) is 8.15. The van der Waals surface area contributed by atoms with Crippen LogP contribution in [0.4, 0.5) is 0 Å². The Morgan fingerprint density at radius 2 is 1.86 bits per heavy atom. The standard InChI is InChI=1S/C20H29N3O4S/c1-27-18-9-6-14(12-19(18)28(25,26)22-15-4-2-3-5-15)20(24)21-16-10-11-23(13-16)17-7-8-17/h6,9,12,15-17,22H,2-5,7-8,10-11,13H2,1H3,(H,21,24). The lowest BCUT2D eigenvalue weighted by molar-refractivity contribution is 0.0937. The molecule has 1 atom stereocenters. The van der Waals surface area contributed by atoms with E-state index < -0.39 is 10.0 Å². The van der Waals surface area contributed by atoms with Crippen molar-refractivity contribution in [3.8, 4) is 5.75 Å². The first kappa shape index (κ1) is 19.7. The molecule has 0 spiro atoms. The van der Waals surface area contributed by atoms with Crippen molar-refractivity contribution in [2.45, 2.75) is 68.0 Å². The van der Waals surface area contributed by atoms with Gasteiger partial charge in [0.25, 0.3) is 5.91 Å². The van der Waals surface area contributed by atoms with E-state index in [2.05, 4.69) is 14.9 Å². The number of rotatable bonds is 7. The molecule has 28 heavy (non-hydrogen) atoms. The predicted octanol–water partition coefficient (Wildman–Crippen LogP) is 1.88. The van der Waals surface area contributed by atoms with Crippen molar-refractivity contribution >= 4 is 15.9 Å². The third-order valence-electron chi connectivity index (χ3n) is 6.01. The summed E-state index contributed by atoms with van der Waals surface area (Å²) < 4.78 is 33.8. The Kier molecular flexibility index (Phi) is 5.62. The molecule has 2 saturated carbocycles. The molecule has 154 valence electrons. The number of sulfonamides is 1. The fraction of sp³-hybridized carbons (Fsp3) is 0.650. The molecule has 1 saturated heterocycles. The molecule has 4 rings (SSSR count). The van der Waals surface area contributed by atoms with E-state index >= 15 is 0 Å². The van der Waals surface area contributed by atoms with Crippen LogP contribution in [0.25, 0.3) is 0 Å². The lowest BCUT2D eigenvalue weighted by Gasteiger charge is -2.17. The molecule has 2 aliphatic carbocycles. The number of nitrogens with one attached hydrogen (secondary N) is 2. The van der Waals surface area contributed by atoms with Crippen LogP contribution in [-0.4, -0.2) is 57.5 Å². The van der Waals surface area contributed by atoms with Gasteiger partial charge in [0.2, 0.25) is 10.0 Å². The number of hydrogen-bond acceptors (Lipinski definition) is 5. The zero-order valence-corrected chi connectivity index (χ0v) is 17.1. The van der Waals surface area contributed by atoms with Crippen LogP contribution in [0.1, 0.15) is 55.3 Å². The molecule has 1 aromatic rings. The van der Waals surface area contributed by atoms with Gasteiger partial charge in [0.1, 0.15) is 10.6 Å². The van der Waals surface area contributed by atoms with E-state index in [1.807, 2.05) is 0 Å². The first-order valence-electron chi connectivity index (χ1n) is 10.2. The summed E-state index contributed by atoms with van der Waals surface area (Å²) in [5.74, 6) is 0.0189. The van der Waals surface area contributed by atoms with Crippen LogP contribution in [0, 0.1) is 0 Å². The fourth-order valence-corrected chi connectivity index (χ4v) is 5.80. The number of ether oxygens (including phenoxy) is 1. The zero-order chi connectivity index (χ0) is 19.7. The third kappa shape index (κ3) is 4.34. The molecule has 3 fully saturated rings. The van der Waals surface area contributed by atoms with Crippen molar-refractivity contribution in [1.82, 2.24) is 14.9 Å². The summed E-state index contributed by atoms with van der Waals surface area (Å²) in [5, 5.41) is 3.06. The van der Waals surface area contributed by atoms with Crippen molar-refractivity contribution in [3.63, 3.8) is 0 Å². The highest BCUT2D eigenvalue weighted by molar-refractivity contribution is 7.89. The highest BCUT2D eigenvalue weighted by Crippen LogP contribution is 2.30. The Balaban J connectivity index is 1.48. The van der Waals surface area contributed by atoms with Gasteiger partial charge in [0.05, 0.1) is 7.11 Å². The lowest BCUT2D eigenvalue weighted by Crippen LogP contribution is -2.37. The van der Waals surface area contributed by atoms with Crippen molar-refractivity contribution in [2.24, 2.45) is 0 Å². The minimum Gasteiger partial charge on any atom is -0.495 e. The maximum atomic E-state index is 12.9. The molecule has 3 aliphatic rings. The molecule has 1 aromatic carbocycles. The number of carbonyl (C=O) groups excluding carboxylic acids is 1. The quantitative estimate of drug-likeness (QED) is 0.721. The van der Waals surface area contributed by atoms with Gasteiger partial charge in [-0.1, -0.05) is 12.8 Å². The SMILES string of the molecule is COc1ccc(C(=O)NC2CCN(C3CC3)C2)cc1S(=O)(=O)NC1CCCC1. The molecule has 0 radical (unpaired) electrons. The molecule has 1 heterocycles. The first-order chi connectivity index (χ1) is 13.5. The topological polar surface area (TPSA) is 87.7 Å². The second-order valence-corrected chi connectivity index (χ2v) is 9.84. The maximum Gasteiger partial charge on any atom is 0.251 e. The van der Waals surface area contributed by atoms with Crippen LogP contribution in [-0.2, 0) is 10.0 Å². The van der Waals surface area contributed by atoms with E-state index in [1.54, 1.807) is 12.1 Å². The average Bonchev–Trinajstić information content (AvgIpc) is 3.21. The number of likely N-dealkylation sites (tertiary alicyclic amines) is 1. The normalized spacial score (nSPS) is 23.8. The van der Waals surface area contributed by atoms with Crippen molar-refractivity contribution in [1.29, 1.82) is 0 Å². The Morgan fingerprint density at radius 3 is 2.54 bits per heavy atom.